The first kappa shape index (κ1) is 35.2. The Labute approximate surface area is 260 Å². The van der Waals surface area contributed by atoms with Crippen molar-refractivity contribution in [1.29, 1.82) is 0 Å². The second-order valence-corrected chi connectivity index (χ2v) is 11.6. The number of para-hydroxylation sites is 1. The largest absolute Gasteiger partial charge is 0.496 e. The van der Waals surface area contributed by atoms with Gasteiger partial charge in [0, 0.05) is 31.0 Å². The summed E-state index contributed by atoms with van der Waals surface area (Å²) in [6.45, 7) is 2.77. The normalized spacial score (nSPS) is 22.8. The molecule has 1 aliphatic heterocycles. The van der Waals surface area contributed by atoms with Gasteiger partial charge in [0.25, 0.3) is 11.7 Å². The fraction of sp³-hybridized carbons (Fsp3) is 0.500. The Morgan fingerprint density at radius 3 is 2.48 bits per heavy atom. The summed E-state index contributed by atoms with van der Waals surface area (Å²) in [5.74, 6) is -2.17. The van der Waals surface area contributed by atoms with Crippen molar-refractivity contribution in [3.63, 3.8) is 0 Å². The van der Waals surface area contributed by atoms with Gasteiger partial charge in [0.2, 0.25) is 5.91 Å². The number of carbonyl (C=O) groups excluding carboxylic acids is 3. The van der Waals surface area contributed by atoms with Crippen LogP contribution < -0.4 is 20.9 Å². The number of methoxy groups -OCH3 is 1. The number of carbonyl (C=O) groups is 3. The Hall–Kier alpha value is -3.24. The van der Waals surface area contributed by atoms with E-state index in [4.69, 9.17) is 14.2 Å². The molecule has 3 amide bonds. The van der Waals surface area contributed by atoms with Crippen LogP contribution in [0.5, 0.6) is 5.75 Å². The summed E-state index contributed by atoms with van der Waals surface area (Å²) in [6.07, 6.45) is -6.48. The van der Waals surface area contributed by atoms with Crippen LogP contribution in [-0.2, 0) is 19.1 Å². The number of hydroxylamine groups is 1. The maximum Gasteiger partial charge on any atom is 0.303 e. The summed E-state index contributed by atoms with van der Waals surface area (Å²) in [4.78, 5) is 37.5. The number of aliphatic hydroxyl groups is 3. The lowest BCUT2D eigenvalue weighted by Gasteiger charge is -2.47. The van der Waals surface area contributed by atoms with Crippen molar-refractivity contribution in [2.45, 2.75) is 62.9 Å². The highest BCUT2D eigenvalue weighted by molar-refractivity contribution is 7.99. The van der Waals surface area contributed by atoms with Gasteiger partial charge in [-0.3, -0.25) is 19.6 Å². The lowest BCUT2D eigenvalue weighted by Crippen LogP contribution is -2.69. The summed E-state index contributed by atoms with van der Waals surface area (Å²) < 4.78 is 17.0. The number of nitrogens with one attached hydrogen (secondary N) is 3. The topological polar surface area (TPSA) is 196 Å². The highest BCUT2D eigenvalue weighted by Gasteiger charge is 2.55. The fourth-order valence-corrected chi connectivity index (χ4v) is 5.52. The van der Waals surface area contributed by atoms with Gasteiger partial charge in [0.15, 0.2) is 0 Å². The van der Waals surface area contributed by atoms with Crippen LogP contribution in [-0.4, -0.2) is 106 Å². The van der Waals surface area contributed by atoms with Gasteiger partial charge in [-0.2, -0.15) is 11.8 Å². The van der Waals surface area contributed by atoms with E-state index < -0.39 is 66.9 Å². The van der Waals surface area contributed by atoms with Crippen LogP contribution in [0.15, 0.2) is 48.5 Å². The number of benzene rings is 2. The molecule has 44 heavy (non-hydrogen) atoms. The van der Waals surface area contributed by atoms with E-state index in [1.807, 2.05) is 31.2 Å². The zero-order valence-electron chi connectivity index (χ0n) is 24.9. The van der Waals surface area contributed by atoms with Crippen LogP contribution in [0.1, 0.15) is 37.0 Å². The van der Waals surface area contributed by atoms with Crippen molar-refractivity contribution in [2.24, 2.45) is 0 Å². The number of ether oxygens (including phenoxy) is 3. The molecule has 13 nitrogen and oxygen atoms in total. The third kappa shape index (κ3) is 8.91. The molecular formula is C30H41N3O10S. The first-order chi connectivity index (χ1) is 21.1. The van der Waals surface area contributed by atoms with Gasteiger partial charge in [-0.1, -0.05) is 37.3 Å². The van der Waals surface area contributed by atoms with Gasteiger partial charge in [-0.05, 0) is 41.7 Å². The van der Waals surface area contributed by atoms with E-state index in [0.717, 1.165) is 22.6 Å². The van der Waals surface area contributed by atoms with E-state index >= 15 is 0 Å². The quantitative estimate of drug-likeness (QED) is 0.0832. The molecule has 6 atom stereocenters. The molecule has 6 unspecified atom stereocenters. The lowest BCUT2D eigenvalue weighted by molar-refractivity contribution is -0.305. The van der Waals surface area contributed by atoms with E-state index in [1.165, 1.54) is 12.4 Å². The van der Waals surface area contributed by atoms with Gasteiger partial charge >= 0.3 is 5.91 Å². The highest BCUT2D eigenvalue weighted by atomic mass is 32.2. The van der Waals surface area contributed by atoms with Crippen molar-refractivity contribution in [3.8, 4) is 16.9 Å². The van der Waals surface area contributed by atoms with Crippen LogP contribution in [0.25, 0.3) is 11.1 Å². The van der Waals surface area contributed by atoms with E-state index in [0.29, 0.717) is 17.7 Å². The van der Waals surface area contributed by atoms with Crippen LogP contribution in [0.3, 0.4) is 0 Å². The third-order valence-electron chi connectivity index (χ3n) is 7.13. The van der Waals surface area contributed by atoms with E-state index in [-0.39, 0.29) is 6.61 Å². The van der Waals surface area contributed by atoms with E-state index in [2.05, 4.69) is 10.6 Å². The molecule has 1 aliphatic rings. The minimum absolute atomic E-state index is 0.0230. The summed E-state index contributed by atoms with van der Waals surface area (Å²) in [5.41, 5.74) is 3.43. The first-order valence-electron chi connectivity index (χ1n) is 14.2. The maximum atomic E-state index is 12.8. The van der Waals surface area contributed by atoms with Crippen molar-refractivity contribution in [2.75, 3.05) is 31.8 Å². The molecule has 2 aromatic carbocycles. The van der Waals surface area contributed by atoms with Gasteiger partial charge in [-0.25, -0.2) is 5.48 Å². The number of aliphatic hydroxyl groups excluding tert-OH is 3. The Morgan fingerprint density at radius 2 is 1.84 bits per heavy atom. The first-order valence-corrected chi connectivity index (χ1v) is 15.4. The molecule has 0 bridgehead atoms. The van der Waals surface area contributed by atoms with E-state index in [1.54, 1.807) is 43.1 Å². The second-order valence-electron chi connectivity index (χ2n) is 10.2. The average molecular weight is 636 g/mol. The molecule has 0 radical (unpaired) electrons. The smallest absolute Gasteiger partial charge is 0.303 e. The zero-order valence-corrected chi connectivity index (χ0v) is 25.7. The Kier molecular flexibility index (Phi) is 13.4. The monoisotopic (exact) mass is 635 g/mol. The van der Waals surface area contributed by atoms with Crippen molar-refractivity contribution >= 4 is 29.5 Å². The summed E-state index contributed by atoms with van der Waals surface area (Å²) in [7, 11) is 1.57. The molecular weight excluding hydrogens is 594 g/mol. The molecule has 2 aromatic rings. The van der Waals surface area contributed by atoms with Crippen LogP contribution in [0.4, 0.5) is 0 Å². The van der Waals surface area contributed by atoms with Gasteiger partial charge in [0.05, 0.1) is 32.0 Å². The maximum absolute atomic E-state index is 12.8. The number of amides is 3. The minimum Gasteiger partial charge on any atom is -0.496 e. The number of hydrogen-bond acceptors (Lipinski definition) is 11. The third-order valence-corrected chi connectivity index (χ3v) is 8.12. The van der Waals surface area contributed by atoms with Gasteiger partial charge in [0.1, 0.15) is 18.0 Å². The molecule has 3 rings (SSSR count). The Morgan fingerprint density at radius 1 is 1.14 bits per heavy atom. The highest BCUT2D eigenvalue weighted by Crippen LogP contribution is 2.34. The van der Waals surface area contributed by atoms with Crippen LogP contribution in [0.2, 0.25) is 0 Å². The predicted octanol–water partition coefficient (Wildman–Crippen LogP) is 0.830. The lowest BCUT2D eigenvalue weighted by atomic mass is 9.88. The van der Waals surface area contributed by atoms with Gasteiger partial charge < -0.3 is 40.2 Å². The second kappa shape index (κ2) is 16.7. The molecule has 1 heterocycles. The SMILES string of the molecule is CCSCCCOC1(C(=O)NO)CC(O)C(NC(C)=O)C(C(O)C(O)CNC(=O)c2ccc(-c3ccccc3OC)cc2)O1. The molecule has 1 fully saturated rings. The van der Waals surface area contributed by atoms with Crippen molar-refractivity contribution < 1.29 is 49.1 Å². The van der Waals surface area contributed by atoms with Crippen LogP contribution >= 0.6 is 11.8 Å². The Balaban J connectivity index is 1.72. The number of rotatable bonds is 15. The molecule has 0 saturated carbocycles. The number of hydrogen-bond donors (Lipinski definition) is 7. The van der Waals surface area contributed by atoms with Crippen molar-refractivity contribution in [3.05, 3.63) is 54.1 Å². The predicted molar refractivity (Wildman–Crippen MR) is 162 cm³/mol. The minimum atomic E-state index is -2.22. The molecule has 14 heteroatoms. The average Bonchev–Trinajstić information content (AvgIpc) is 3.03. The molecule has 242 valence electrons. The van der Waals surface area contributed by atoms with Gasteiger partial charge in [-0.15, -0.1) is 0 Å². The molecule has 0 aromatic heterocycles. The van der Waals surface area contributed by atoms with E-state index in [9.17, 15) is 34.9 Å². The molecule has 1 saturated heterocycles. The zero-order chi connectivity index (χ0) is 32.3. The number of thioether (sulfide) groups is 1. The summed E-state index contributed by atoms with van der Waals surface area (Å²) >= 11 is 1.65. The molecule has 0 spiro atoms. The fourth-order valence-electron chi connectivity index (χ4n) is 4.91. The van der Waals surface area contributed by atoms with Crippen molar-refractivity contribution in [1.82, 2.24) is 16.1 Å². The summed E-state index contributed by atoms with van der Waals surface area (Å²) in [5, 5.41) is 47.3. The summed E-state index contributed by atoms with van der Waals surface area (Å²) in [6, 6.07) is 12.9. The Bertz CT molecular complexity index is 1250. The molecule has 0 aliphatic carbocycles. The van der Waals surface area contributed by atoms with Crippen LogP contribution in [0, 0.1) is 0 Å². The standard InChI is InChI=1S/C30H41N3O10S/c1-4-44-15-7-14-42-30(29(39)33-40)16-22(35)25(32-18(2)34)27(43-30)26(37)23(36)17-31-28(38)20-12-10-19(11-13-20)21-8-5-6-9-24(21)41-3/h5-6,8-13,22-23,25-27,35-37,40H,4,7,14-17H2,1-3H3,(H,31,38)(H,32,34)(H,33,39). The molecule has 7 N–H and O–H groups in total.